The van der Waals surface area contributed by atoms with Gasteiger partial charge in [-0.3, -0.25) is 0 Å². The summed E-state index contributed by atoms with van der Waals surface area (Å²) in [7, 11) is -4.76. The first-order valence-corrected chi connectivity index (χ1v) is 18.0. The fourth-order valence-corrected chi connectivity index (χ4v) is 11.1. The lowest BCUT2D eigenvalue weighted by atomic mass is 10.2. The molecule has 1 unspecified atom stereocenters. The standard InChI is InChI=1S/C15H38O2Si3/c1-12-15(13-2,17-19(7,8)9)20(10,11)16-14(3)18(4,5)6/h14H,12-13H2,1-11H3. The Morgan fingerprint density at radius 1 is 0.850 bits per heavy atom. The highest BCUT2D eigenvalue weighted by molar-refractivity contribution is 6.80. The highest BCUT2D eigenvalue weighted by atomic mass is 28.4. The average Bonchev–Trinajstić information content (AvgIpc) is 2.22. The Bertz CT molecular complexity index is 299. The molecule has 20 heavy (non-hydrogen) atoms. The zero-order valence-electron chi connectivity index (χ0n) is 15.8. The van der Waals surface area contributed by atoms with Crippen LogP contribution in [0, 0.1) is 0 Å². The van der Waals surface area contributed by atoms with E-state index >= 15 is 0 Å². The van der Waals surface area contributed by atoms with E-state index in [0.29, 0.717) is 5.73 Å². The van der Waals surface area contributed by atoms with Gasteiger partial charge in [0.1, 0.15) is 0 Å². The van der Waals surface area contributed by atoms with Gasteiger partial charge >= 0.3 is 0 Å². The van der Waals surface area contributed by atoms with Crippen molar-refractivity contribution in [1.82, 2.24) is 0 Å². The second kappa shape index (κ2) is 6.77. The summed E-state index contributed by atoms with van der Waals surface area (Å²) in [6, 6.07) is 0. The molecule has 0 aromatic rings. The van der Waals surface area contributed by atoms with Crippen LogP contribution >= 0.6 is 0 Å². The van der Waals surface area contributed by atoms with Gasteiger partial charge in [-0.05, 0) is 52.5 Å². The lowest BCUT2D eigenvalue weighted by molar-refractivity contribution is 0.0910. The zero-order valence-corrected chi connectivity index (χ0v) is 18.8. The maximum Gasteiger partial charge on any atom is 0.216 e. The van der Waals surface area contributed by atoms with Gasteiger partial charge in [0.05, 0.1) is 13.3 Å². The molecule has 0 aliphatic rings. The van der Waals surface area contributed by atoms with Gasteiger partial charge < -0.3 is 8.85 Å². The van der Waals surface area contributed by atoms with Crippen LogP contribution in [0.15, 0.2) is 0 Å². The van der Waals surface area contributed by atoms with E-state index in [1.54, 1.807) is 0 Å². The van der Waals surface area contributed by atoms with Gasteiger partial charge in [0, 0.05) is 5.73 Å². The predicted molar refractivity (Wildman–Crippen MR) is 99.1 cm³/mol. The van der Waals surface area contributed by atoms with Gasteiger partial charge in [0.15, 0.2) is 8.32 Å². The van der Waals surface area contributed by atoms with Crippen molar-refractivity contribution in [1.29, 1.82) is 0 Å². The highest BCUT2D eigenvalue weighted by Gasteiger charge is 2.50. The molecule has 0 aromatic carbocycles. The third-order valence-electron chi connectivity index (χ3n) is 4.43. The van der Waals surface area contributed by atoms with Crippen LogP contribution in [0.5, 0.6) is 0 Å². The number of hydrogen-bond acceptors (Lipinski definition) is 2. The van der Waals surface area contributed by atoms with Crippen LogP contribution in [0.25, 0.3) is 0 Å². The molecule has 0 aliphatic carbocycles. The van der Waals surface area contributed by atoms with E-state index in [0.717, 1.165) is 12.8 Å². The first kappa shape index (κ1) is 20.6. The molecular weight excluding hydrogens is 296 g/mol. The molecule has 0 saturated heterocycles. The summed E-state index contributed by atoms with van der Waals surface area (Å²) in [4.78, 5) is 0. The second-order valence-electron chi connectivity index (χ2n) is 8.55. The predicted octanol–water partition coefficient (Wildman–Crippen LogP) is 5.42. The van der Waals surface area contributed by atoms with E-state index in [-0.39, 0.29) is 5.22 Å². The van der Waals surface area contributed by atoms with Gasteiger partial charge in [-0.2, -0.15) is 0 Å². The summed E-state index contributed by atoms with van der Waals surface area (Å²) in [5.74, 6) is 0. The Hall–Kier alpha value is 0.571. The van der Waals surface area contributed by atoms with E-state index in [9.17, 15) is 0 Å². The lowest BCUT2D eigenvalue weighted by Gasteiger charge is -2.49. The zero-order chi connectivity index (χ0) is 16.4. The Labute approximate surface area is 130 Å². The minimum Gasteiger partial charge on any atom is -0.415 e. The third kappa shape index (κ3) is 5.40. The first-order valence-electron chi connectivity index (χ1n) is 8.09. The van der Waals surface area contributed by atoms with E-state index in [2.05, 4.69) is 73.1 Å². The molecule has 0 rings (SSSR count). The van der Waals surface area contributed by atoms with Gasteiger partial charge in [-0.1, -0.05) is 33.5 Å². The van der Waals surface area contributed by atoms with E-state index in [4.69, 9.17) is 8.85 Å². The van der Waals surface area contributed by atoms with Crippen molar-refractivity contribution in [2.45, 2.75) is 96.9 Å². The van der Waals surface area contributed by atoms with E-state index in [1.807, 2.05) is 0 Å². The van der Waals surface area contributed by atoms with Gasteiger partial charge in [-0.25, -0.2) is 0 Å². The van der Waals surface area contributed by atoms with Gasteiger partial charge in [-0.15, -0.1) is 0 Å². The average molecular weight is 335 g/mol. The van der Waals surface area contributed by atoms with Crippen molar-refractivity contribution in [2.24, 2.45) is 0 Å². The van der Waals surface area contributed by atoms with Crippen LogP contribution in [0.2, 0.25) is 52.4 Å². The number of rotatable bonds is 8. The third-order valence-corrected chi connectivity index (χ3v) is 12.4. The monoisotopic (exact) mass is 334 g/mol. The maximum absolute atomic E-state index is 6.69. The summed E-state index contributed by atoms with van der Waals surface area (Å²) in [5, 5.41) is -0.0363. The minimum absolute atomic E-state index is 0.0363. The molecule has 5 heteroatoms. The molecule has 0 spiro atoms. The van der Waals surface area contributed by atoms with E-state index in [1.165, 1.54) is 0 Å². The van der Waals surface area contributed by atoms with Crippen LogP contribution in [0.4, 0.5) is 0 Å². The molecule has 0 fully saturated rings. The molecule has 122 valence electrons. The molecule has 0 radical (unpaired) electrons. The fourth-order valence-electron chi connectivity index (χ4n) is 2.68. The maximum atomic E-state index is 6.69. The normalized spacial score (nSPS) is 16.4. The van der Waals surface area contributed by atoms with Crippen LogP contribution in [0.3, 0.4) is 0 Å². The molecule has 0 N–H and O–H groups in total. The Morgan fingerprint density at radius 2 is 1.25 bits per heavy atom. The molecule has 0 heterocycles. The Balaban J connectivity index is 5.35. The van der Waals surface area contributed by atoms with Crippen molar-refractivity contribution >= 4 is 24.7 Å². The fraction of sp³-hybridized carbons (Fsp3) is 1.00. The molecule has 0 aromatic heterocycles. The molecule has 0 bridgehead atoms. The van der Waals surface area contributed by atoms with Crippen molar-refractivity contribution in [3.8, 4) is 0 Å². The summed E-state index contributed by atoms with van der Waals surface area (Å²) in [6.45, 7) is 25.6. The smallest absolute Gasteiger partial charge is 0.216 e. The summed E-state index contributed by atoms with van der Waals surface area (Å²) >= 11 is 0. The van der Waals surface area contributed by atoms with Crippen LogP contribution < -0.4 is 0 Å². The van der Waals surface area contributed by atoms with Crippen molar-refractivity contribution in [3.05, 3.63) is 0 Å². The lowest BCUT2D eigenvalue weighted by Crippen LogP contribution is -2.63. The topological polar surface area (TPSA) is 18.5 Å². The molecule has 0 saturated carbocycles. The van der Waals surface area contributed by atoms with Crippen LogP contribution in [0.1, 0.15) is 33.6 Å². The molecule has 1 atom stereocenters. The Morgan fingerprint density at radius 3 is 1.50 bits per heavy atom. The molecule has 2 nitrogen and oxygen atoms in total. The van der Waals surface area contributed by atoms with Gasteiger partial charge in [0.2, 0.25) is 8.32 Å². The first-order chi connectivity index (χ1) is 8.71. The SMILES string of the molecule is CCC(CC)(O[Si](C)(C)C)[Si](C)(C)OC(C)[Si](C)(C)C. The Kier molecular flexibility index (Phi) is 6.96. The highest BCUT2D eigenvalue weighted by Crippen LogP contribution is 2.37. The van der Waals surface area contributed by atoms with Crippen molar-refractivity contribution in [2.75, 3.05) is 0 Å². The van der Waals surface area contributed by atoms with E-state index < -0.39 is 24.7 Å². The number of hydrogen-bond donors (Lipinski definition) is 0. The minimum atomic E-state index is -1.92. The second-order valence-corrected chi connectivity index (χ2v) is 22.7. The van der Waals surface area contributed by atoms with Crippen LogP contribution in [-0.2, 0) is 8.85 Å². The largest absolute Gasteiger partial charge is 0.415 e. The van der Waals surface area contributed by atoms with Crippen molar-refractivity contribution < 1.29 is 8.85 Å². The summed E-state index contributed by atoms with van der Waals surface area (Å²) < 4.78 is 13.4. The molecule has 0 aliphatic heterocycles. The summed E-state index contributed by atoms with van der Waals surface area (Å²) in [5.41, 5.74) is 0.395. The quantitative estimate of drug-likeness (QED) is 0.551. The van der Waals surface area contributed by atoms with Crippen molar-refractivity contribution in [3.63, 3.8) is 0 Å². The molecule has 0 amide bonds. The van der Waals surface area contributed by atoms with Crippen LogP contribution in [-0.4, -0.2) is 35.7 Å². The molecular formula is C15H38O2Si3. The summed E-state index contributed by atoms with van der Waals surface area (Å²) in [6.07, 6.45) is 2.12. The van der Waals surface area contributed by atoms with Gasteiger partial charge in [0.25, 0.3) is 0 Å².